The summed E-state index contributed by atoms with van der Waals surface area (Å²) in [6.07, 6.45) is 15.4. The smallest absolute Gasteiger partial charge is 0.130 e. The van der Waals surface area contributed by atoms with Crippen molar-refractivity contribution in [2.45, 2.75) is 106 Å². The fraction of sp³-hybridized carbons (Fsp3) is 0.636. The maximum atomic E-state index is 5.89. The molecule has 0 aliphatic carbocycles. The molecule has 2 atom stereocenters. The lowest BCUT2D eigenvalue weighted by molar-refractivity contribution is 0.389. The van der Waals surface area contributed by atoms with E-state index in [-0.39, 0.29) is 0 Å². The van der Waals surface area contributed by atoms with Crippen LogP contribution in [0.25, 0.3) is 10.8 Å². The summed E-state index contributed by atoms with van der Waals surface area (Å²) < 4.78 is 11.7. The van der Waals surface area contributed by atoms with Gasteiger partial charge in [-0.15, -0.1) is 0 Å². The Bertz CT molecular complexity index is 924. The maximum absolute atomic E-state index is 5.89. The highest BCUT2D eigenvalue weighted by Gasteiger charge is 2.17. The number of methoxy groups -OCH3 is 2. The average molecular weight is 481 g/mol. The summed E-state index contributed by atoms with van der Waals surface area (Å²) in [4.78, 5) is 0. The number of hydrogen-bond acceptors (Lipinski definition) is 2. The number of fused-ring (bicyclic) bond motifs is 1. The van der Waals surface area contributed by atoms with E-state index in [1.54, 1.807) is 14.2 Å². The molecule has 0 N–H and O–H groups in total. The third-order valence-corrected chi connectivity index (χ3v) is 7.69. The van der Waals surface area contributed by atoms with Crippen LogP contribution in [0.3, 0.4) is 0 Å². The van der Waals surface area contributed by atoms with Crippen LogP contribution in [0.1, 0.15) is 104 Å². The summed E-state index contributed by atoms with van der Waals surface area (Å²) >= 11 is 0. The molecule has 0 aliphatic heterocycles. The second kappa shape index (κ2) is 15.2. The number of rotatable bonds is 16. The van der Waals surface area contributed by atoms with Crippen molar-refractivity contribution < 1.29 is 9.47 Å². The van der Waals surface area contributed by atoms with E-state index in [4.69, 9.17) is 9.47 Å². The van der Waals surface area contributed by atoms with Gasteiger partial charge < -0.3 is 9.47 Å². The number of allylic oxidation sites excluding steroid dienone is 2. The normalized spacial score (nSPS) is 13.9. The van der Waals surface area contributed by atoms with Crippen LogP contribution in [-0.2, 0) is 6.42 Å². The van der Waals surface area contributed by atoms with Gasteiger partial charge >= 0.3 is 0 Å². The Morgan fingerprint density at radius 3 is 1.83 bits per heavy atom. The number of ether oxygens (including phenoxy) is 2. The molecule has 0 aromatic heterocycles. The average Bonchev–Trinajstić information content (AvgIpc) is 2.82. The highest BCUT2D eigenvalue weighted by molar-refractivity contribution is 5.96. The second-order valence-electron chi connectivity index (χ2n) is 11.3. The topological polar surface area (TPSA) is 18.5 Å². The Labute approximate surface area is 216 Å². The van der Waals surface area contributed by atoms with Crippen LogP contribution in [-0.4, -0.2) is 14.2 Å². The third-order valence-electron chi connectivity index (χ3n) is 7.69. The zero-order valence-electron chi connectivity index (χ0n) is 24.0. The third kappa shape index (κ3) is 9.21. The molecule has 0 saturated carbocycles. The Morgan fingerprint density at radius 2 is 1.29 bits per heavy atom. The highest BCUT2D eigenvalue weighted by atomic mass is 16.5. The van der Waals surface area contributed by atoms with Gasteiger partial charge in [-0.1, -0.05) is 109 Å². The molecule has 196 valence electrons. The minimum atomic E-state index is 0.831. The molecule has 2 aromatic rings. The van der Waals surface area contributed by atoms with Gasteiger partial charge in [-0.25, -0.2) is 0 Å². The molecule has 2 rings (SSSR count). The van der Waals surface area contributed by atoms with Crippen molar-refractivity contribution in [2.24, 2.45) is 17.8 Å². The van der Waals surface area contributed by atoms with Crippen molar-refractivity contribution in [3.8, 4) is 11.5 Å². The molecule has 0 amide bonds. The van der Waals surface area contributed by atoms with Crippen LogP contribution < -0.4 is 9.47 Å². The first-order valence-corrected chi connectivity index (χ1v) is 14.1. The van der Waals surface area contributed by atoms with Gasteiger partial charge in [-0.3, -0.25) is 0 Å². The van der Waals surface area contributed by atoms with Crippen molar-refractivity contribution in [3.05, 3.63) is 47.0 Å². The minimum Gasteiger partial charge on any atom is -0.496 e. The van der Waals surface area contributed by atoms with Crippen LogP contribution in [0.2, 0.25) is 0 Å². The monoisotopic (exact) mass is 480 g/mol. The summed E-state index contributed by atoms with van der Waals surface area (Å²) in [5.74, 6) is 4.51. The molecular weight excluding hydrogens is 428 g/mol. The van der Waals surface area contributed by atoms with Crippen molar-refractivity contribution in [3.63, 3.8) is 0 Å². The maximum Gasteiger partial charge on any atom is 0.130 e. The van der Waals surface area contributed by atoms with Gasteiger partial charge in [0.2, 0.25) is 0 Å². The van der Waals surface area contributed by atoms with E-state index in [1.807, 2.05) is 0 Å². The molecule has 35 heavy (non-hydrogen) atoms. The van der Waals surface area contributed by atoms with E-state index in [1.165, 1.54) is 74.5 Å². The van der Waals surface area contributed by atoms with Crippen molar-refractivity contribution in [2.75, 3.05) is 14.2 Å². The Hall–Kier alpha value is -1.96. The summed E-state index contributed by atoms with van der Waals surface area (Å²) in [5, 5.41) is 2.24. The summed E-state index contributed by atoms with van der Waals surface area (Å²) in [6.45, 7) is 14.0. The first-order valence-electron chi connectivity index (χ1n) is 14.1. The predicted octanol–water partition coefficient (Wildman–Crippen LogP) is 10.1. The molecule has 0 bridgehead atoms. The standard InChI is InChI=1S/C33H52O2/c1-24(2)14-11-15-25(3)16-12-17-26(4)18-13-19-27(5)22-23-29-28(6)32(34-7)30-20-9-10-21-31(30)33(29)35-8/h9-10,20-22,24-26H,11-19,23H2,1-8H3/b27-22+. The zero-order chi connectivity index (χ0) is 25.8. The molecule has 0 spiro atoms. The molecule has 2 nitrogen and oxygen atoms in total. The van der Waals surface area contributed by atoms with E-state index in [0.29, 0.717) is 0 Å². The molecule has 0 aliphatic rings. The first kappa shape index (κ1) is 29.3. The van der Waals surface area contributed by atoms with Crippen molar-refractivity contribution in [1.82, 2.24) is 0 Å². The molecule has 0 fully saturated rings. The lowest BCUT2D eigenvalue weighted by Gasteiger charge is -2.18. The van der Waals surface area contributed by atoms with Gasteiger partial charge in [-0.2, -0.15) is 0 Å². The molecule has 2 unspecified atom stereocenters. The fourth-order valence-electron chi connectivity index (χ4n) is 5.38. The summed E-state index contributed by atoms with van der Waals surface area (Å²) in [7, 11) is 3.54. The van der Waals surface area contributed by atoms with E-state index in [2.05, 4.69) is 71.9 Å². The molecule has 2 heteroatoms. The van der Waals surface area contributed by atoms with E-state index < -0.39 is 0 Å². The minimum absolute atomic E-state index is 0.831. The predicted molar refractivity (Wildman–Crippen MR) is 154 cm³/mol. The molecule has 0 radical (unpaired) electrons. The van der Waals surface area contributed by atoms with E-state index in [0.717, 1.165) is 46.4 Å². The summed E-state index contributed by atoms with van der Waals surface area (Å²) in [5.41, 5.74) is 3.89. The number of benzene rings is 2. The van der Waals surface area contributed by atoms with Gasteiger partial charge in [0, 0.05) is 16.3 Å². The zero-order valence-corrected chi connectivity index (χ0v) is 24.0. The molecule has 0 saturated heterocycles. The SMILES string of the molecule is COc1c(C)c(C/C=C(\C)CCCC(C)CCCC(C)CCCC(C)C)c(OC)c2ccccc12. The van der Waals surface area contributed by atoms with E-state index in [9.17, 15) is 0 Å². The molecular formula is C33H52O2. The van der Waals surface area contributed by atoms with Crippen LogP contribution in [0.5, 0.6) is 11.5 Å². The number of hydrogen-bond donors (Lipinski definition) is 0. The molecule has 0 heterocycles. The Morgan fingerprint density at radius 1 is 0.771 bits per heavy atom. The lowest BCUT2D eigenvalue weighted by Crippen LogP contribution is -2.01. The van der Waals surface area contributed by atoms with Gasteiger partial charge in [0.25, 0.3) is 0 Å². The Balaban J connectivity index is 1.83. The first-order chi connectivity index (χ1) is 16.8. The van der Waals surface area contributed by atoms with Gasteiger partial charge in [-0.05, 0) is 56.4 Å². The van der Waals surface area contributed by atoms with Crippen molar-refractivity contribution in [1.29, 1.82) is 0 Å². The quantitative estimate of drug-likeness (QED) is 0.222. The fourth-order valence-corrected chi connectivity index (χ4v) is 5.38. The van der Waals surface area contributed by atoms with E-state index >= 15 is 0 Å². The van der Waals surface area contributed by atoms with Crippen LogP contribution in [0.4, 0.5) is 0 Å². The van der Waals surface area contributed by atoms with Gasteiger partial charge in [0.05, 0.1) is 14.2 Å². The second-order valence-corrected chi connectivity index (χ2v) is 11.3. The van der Waals surface area contributed by atoms with Crippen LogP contribution in [0, 0.1) is 24.7 Å². The van der Waals surface area contributed by atoms with Crippen molar-refractivity contribution >= 4 is 10.8 Å². The van der Waals surface area contributed by atoms with Gasteiger partial charge in [0.1, 0.15) is 11.5 Å². The van der Waals surface area contributed by atoms with Gasteiger partial charge in [0.15, 0.2) is 0 Å². The molecule has 2 aromatic carbocycles. The lowest BCUT2D eigenvalue weighted by atomic mass is 9.91. The highest BCUT2D eigenvalue weighted by Crippen LogP contribution is 2.40. The Kier molecular flexibility index (Phi) is 12.7. The largest absolute Gasteiger partial charge is 0.496 e. The van der Waals surface area contributed by atoms with Crippen LogP contribution >= 0.6 is 0 Å². The summed E-state index contributed by atoms with van der Waals surface area (Å²) in [6, 6.07) is 8.37. The van der Waals surface area contributed by atoms with Crippen LogP contribution in [0.15, 0.2) is 35.9 Å².